The maximum atomic E-state index is 12.5. The van der Waals surface area contributed by atoms with Crippen LogP contribution < -0.4 is 0 Å². The summed E-state index contributed by atoms with van der Waals surface area (Å²) >= 11 is 0. The third-order valence-corrected chi connectivity index (χ3v) is 4.05. The number of allylic oxidation sites excluding steroid dienone is 4. The largest absolute Gasteiger partial charge is 0.294 e. The van der Waals surface area contributed by atoms with Gasteiger partial charge in [0.2, 0.25) is 0 Å². The van der Waals surface area contributed by atoms with Crippen molar-refractivity contribution in [1.29, 1.82) is 0 Å². The van der Waals surface area contributed by atoms with Crippen molar-refractivity contribution >= 4 is 11.6 Å². The second-order valence-electron chi connectivity index (χ2n) is 5.21. The minimum Gasteiger partial charge on any atom is -0.294 e. The zero-order valence-electron chi connectivity index (χ0n) is 10.7. The summed E-state index contributed by atoms with van der Waals surface area (Å²) in [6.07, 6.45) is 8.47. The van der Waals surface area contributed by atoms with E-state index in [1.165, 1.54) is 0 Å². The summed E-state index contributed by atoms with van der Waals surface area (Å²) in [5.74, 6) is -0.136. The fourth-order valence-corrected chi connectivity index (χ4v) is 2.99. The molecule has 19 heavy (non-hydrogen) atoms. The van der Waals surface area contributed by atoms with E-state index in [0.717, 1.165) is 18.4 Å². The molecular formula is C17H16O2. The van der Waals surface area contributed by atoms with Gasteiger partial charge in [-0.1, -0.05) is 48.6 Å². The lowest BCUT2D eigenvalue weighted by molar-refractivity contribution is -0.119. The van der Waals surface area contributed by atoms with E-state index in [4.69, 9.17) is 0 Å². The Bertz CT molecular complexity index is 566. The van der Waals surface area contributed by atoms with Crippen molar-refractivity contribution < 1.29 is 9.59 Å². The number of Topliss-reactive ketones (excluding diaryl/α,β-unsaturated/α-hetero) is 2. The van der Waals surface area contributed by atoms with Crippen LogP contribution in [0.3, 0.4) is 0 Å². The first-order valence-electron chi connectivity index (χ1n) is 6.77. The maximum absolute atomic E-state index is 12.5. The van der Waals surface area contributed by atoms with Crippen molar-refractivity contribution in [2.45, 2.75) is 19.3 Å². The first-order valence-corrected chi connectivity index (χ1v) is 6.77. The molecule has 0 radical (unpaired) electrons. The highest BCUT2D eigenvalue weighted by Crippen LogP contribution is 2.36. The van der Waals surface area contributed by atoms with Crippen LogP contribution >= 0.6 is 0 Å². The van der Waals surface area contributed by atoms with Crippen molar-refractivity contribution in [3.05, 3.63) is 59.7 Å². The Balaban J connectivity index is 1.86. The lowest BCUT2D eigenvalue weighted by Gasteiger charge is -2.30. The molecule has 2 unspecified atom stereocenters. The van der Waals surface area contributed by atoms with Gasteiger partial charge in [0.1, 0.15) is 0 Å². The van der Waals surface area contributed by atoms with Gasteiger partial charge in [-0.2, -0.15) is 0 Å². The second kappa shape index (κ2) is 4.96. The van der Waals surface area contributed by atoms with Crippen LogP contribution in [0.5, 0.6) is 0 Å². The van der Waals surface area contributed by atoms with E-state index in [1.54, 1.807) is 12.1 Å². The van der Waals surface area contributed by atoms with Crippen LogP contribution in [0.2, 0.25) is 0 Å². The number of hydrogen-bond acceptors (Lipinski definition) is 2. The zero-order valence-corrected chi connectivity index (χ0v) is 10.7. The topological polar surface area (TPSA) is 34.1 Å². The molecule has 0 heterocycles. The first kappa shape index (κ1) is 12.1. The van der Waals surface area contributed by atoms with Gasteiger partial charge >= 0.3 is 0 Å². The molecular weight excluding hydrogens is 236 g/mol. The third-order valence-electron chi connectivity index (χ3n) is 4.05. The molecule has 2 heteroatoms. The average molecular weight is 252 g/mol. The number of rotatable bonds is 2. The molecule has 0 aromatic heterocycles. The Kier molecular flexibility index (Phi) is 3.16. The van der Waals surface area contributed by atoms with E-state index in [-0.39, 0.29) is 11.6 Å². The molecule has 0 spiro atoms. The SMILES string of the molecule is O=C1C2=CC=CCC2CCC1C(=O)c1ccccc1. The van der Waals surface area contributed by atoms with E-state index >= 15 is 0 Å². The number of fused-ring (bicyclic) bond motifs is 1. The van der Waals surface area contributed by atoms with Crippen LogP contribution in [-0.4, -0.2) is 11.6 Å². The number of carbonyl (C=O) groups excluding carboxylic acids is 2. The van der Waals surface area contributed by atoms with E-state index in [0.29, 0.717) is 17.9 Å². The highest BCUT2D eigenvalue weighted by Gasteiger charge is 2.37. The quantitative estimate of drug-likeness (QED) is 0.597. The fourth-order valence-electron chi connectivity index (χ4n) is 2.99. The molecule has 96 valence electrons. The van der Waals surface area contributed by atoms with Crippen molar-refractivity contribution in [3.8, 4) is 0 Å². The van der Waals surface area contributed by atoms with Crippen LogP contribution in [0.4, 0.5) is 0 Å². The fraction of sp³-hybridized carbons (Fsp3) is 0.294. The Morgan fingerprint density at radius 3 is 2.68 bits per heavy atom. The molecule has 1 aromatic rings. The summed E-state index contributed by atoms with van der Waals surface area (Å²) < 4.78 is 0. The average Bonchev–Trinajstić information content (AvgIpc) is 2.48. The minimum absolute atomic E-state index is 0.0282. The van der Waals surface area contributed by atoms with Gasteiger partial charge in [-0.05, 0) is 30.8 Å². The number of ketones is 2. The normalized spacial score (nSPS) is 25.7. The monoisotopic (exact) mass is 252 g/mol. The summed E-state index contributed by atoms with van der Waals surface area (Å²) in [7, 11) is 0. The van der Waals surface area contributed by atoms with Crippen LogP contribution in [0, 0.1) is 11.8 Å². The number of carbonyl (C=O) groups is 2. The van der Waals surface area contributed by atoms with Gasteiger partial charge in [0.15, 0.2) is 11.6 Å². The molecule has 2 atom stereocenters. The summed E-state index contributed by atoms with van der Waals surface area (Å²) in [5.41, 5.74) is 1.49. The summed E-state index contributed by atoms with van der Waals surface area (Å²) in [6.45, 7) is 0. The molecule has 1 aromatic carbocycles. The van der Waals surface area contributed by atoms with Crippen LogP contribution in [0.1, 0.15) is 29.6 Å². The summed E-state index contributed by atoms with van der Waals surface area (Å²) in [5, 5.41) is 0. The zero-order chi connectivity index (χ0) is 13.2. The summed E-state index contributed by atoms with van der Waals surface area (Å²) in [6, 6.07) is 9.13. The van der Waals surface area contributed by atoms with Gasteiger partial charge < -0.3 is 0 Å². The number of benzene rings is 1. The Labute approximate surface area is 112 Å². The molecule has 2 nitrogen and oxygen atoms in total. The van der Waals surface area contributed by atoms with Crippen molar-refractivity contribution in [1.82, 2.24) is 0 Å². The molecule has 0 N–H and O–H groups in total. The van der Waals surface area contributed by atoms with Crippen molar-refractivity contribution in [2.75, 3.05) is 0 Å². The van der Waals surface area contributed by atoms with Gasteiger partial charge in [0.25, 0.3) is 0 Å². The maximum Gasteiger partial charge on any atom is 0.173 e. The highest BCUT2D eigenvalue weighted by molar-refractivity contribution is 6.16. The predicted octanol–water partition coefficient (Wildman–Crippen LogP) is 3.35. The highest BCUT2D eigenvalue weighted by atomic mass is 16.2. The Morgan fingerprint density at radius 2 is 1.89 bits per heavy atom. The lowest BCUT2D eigenvalue weighted by Crippen LogP contribution is -2.33. The van der Waals surface area contributed by atoms with Gasteiger partial charge in [0, 0.05) is 5.56 Å². The van der Waals surface area contributed by atoms with E-state index in [1.807, 2.05) is 30.4 Å². The molecule has 0 aliphatic heterocycles. The lowest BCUT2D eigenvalue weighted by atomic mass is 9.72. The molecule has 2 aliphatic carbocycles. The molecule has 1 fully saturated rings. The smallest absolute Gasteiger partial charge is 0.173 e. The standard InChI is InChI=1S/C17H16O2/c18-16(13-7-2-1-3-8-13)15-11-10-12-6-4-5-9-14(12)17(15)19/h1-5,7-9,12,15H,6,10-11H2. The minimum atomic E-state index is -0.476. The van der Waals surface area contributed by atoms with Crippen LogP contribution in [0.25, 0.3) is 0 Å². The van der Waals surface area contributed by atoms with Crippen LogP contribution in [-0.2, 0) is 4.79 Å². The molecule has 0 saturated heterocycles. The van der Waals surface area contributed by atoms with Gasteiger partial charge in [-0.15, -0.1) is 0 Å². The Hall–Kier alpha value is -1.96. The van der Waals surface area contributed by atoms with Crippen molar-refractivity contribution in [3.63, 3.8) is 0 Å². The molecule has 0 bridgehead atoms. The van der Waals surface area contributed by atoms with Gasteiger partial charge in [0.05, 0.1) is 5.92 Å². The Morgan fingerprint density at radius 1 is 1.11 bits per heavy atom. The predicted molar refractivity (Wildman–Crippen MR) is 73.8 cm³/mol. The first-order chi connectivity index (χ1) is 9.27. The molecule has 0 amide bonds. The van der Waals surface area contributed by atoms with E-state index in [9.17, 15) is 9.59 Å². The van der Waals surface area contributed by atoms with Gasteiger partial charge in [-0.3, -0.25) is 9.59 Å². The molecule has 1 saturated carbocycles. The molecule has 2 aliphatic rings. The van der Waals surface area contributed by atoms with Crippen molar-refractivity contribution in [2.24, 2.45) is 11.8 Å². The van der Waals surface area contributed by atoms with E-state index < -0.39 is 5.92 Å². The molecule has 3 rings (SSSR count). The van der Waals surface area contributed by atoms with E-state index in [2.05, 4.69) is 6.08 Å². The van der Waals surface area contributed by atoms with Gasteiger partial charge in [-0.25, -0.2) is 0 Å². The van der Waals surface area contributed by atoms with Crippen LogP contribution in [0.15, 0.2) is 54.1 Å². The summed E-state index contributed by atoms with van der Waals surface area (Å²) in [4.78, 5) is 24.9. The third kappa shape index (κ3) is 2.19. The second-order valence-corrected chi connectivity index (χ2v) is 5.21. The number of hydrogen-bond donors (Lipinski definition) is 0.